The first-order valence-corrected chi connectivity index (χ1v) is 6.52. The average molecular weight is 306 g/mol. The molecule has 1 aromatic rings. The molecule has 0 bridgehead atoms. The minimum Gasteiger partial charge on any atom is -0.488 e. The van der Waals surface area contributed by atoms with E-state index in [0.717, 1.165) is 0 Å². The fourth-order valence-corrected chi connectivity index (χ4v) is 2.04. The molecule has 0 radical (unpaired) electrons. The highest BCUT2D eigenvalue weighted by atomic mass is 19.1. The largest absolute Gasteiger partial charge is 0.488 e. The zero-order valence-electron chi connectivity index (χ0n) is 11.9. The van der Waals surface area contributed by atoms with Crippen molar-refractivity contribution in [1.82, 2.24) is 10.2 Å². The van der Waals surface area contributed by atoms with Gasteiger partial charge in [-0.2, -0.15) is 0 Å². The summed E-state index contributed by atoms with van der Waals surface area (Å²) < 4.78 is 18.4. The molecular formula is C15H15FN2O4. The van der Waals surface area contributed by atoms with Crippen molar-refractivity contribution in [3.05, 3.63) is 53.3 Å². The number of hydrogen-bond donors (Lipinski definition) is 2. The zero-order valence-corrected chi connectivity index (χ0v) is 11.9. The second kappa shape index (κ2) is 6.75. The molecule has 1 aromatic carbocycles. The van der Waals surface area contributed by atoms with Crippen molar-refractivity contribution in [1.29, 1.82) is 0 Å². The van der Waals surface area contributed by atoms with Crippen molar-refractivity contribution in [2.75, 3.05) is 20.2 Å². The SMILES string of the molecule is CN1CCOC(/C=C(/C(=O)O)c2ccc(F)cc2)=C1NC=O. The number of hydrogen-bond acceptors (Lipinski definition) is 4. The first kappa shape index (κ1) is 15.6. The van der Waals surface area contributed by atoms with Crippen LogP contribution in [0.1, 0.15) is 5.56 Å². The molecule has 0 fully saturated rings. The molecule has 0 saturated carbocycles. The Morgan fingerprint density at radius 3 is 2.68 bits per heavy atom. The molecule has 1 aliphatic heterocycles. The zero-order chi connectivity index (χ0) is 16.1. The maximum Gasteiger partial charge on any atom is 0.336 e. The van der Waals surface area contributed by atoms with Crippen molar-refractivity contribution < 1.29 is 23.8 Å². The molecule has 1 aliphatic rings. The summed E-state index contributed by atoms with van der Waals surface area (Å²) in [7, 11) is 1.75. The van der Waals surface area contributed by atoms with Gasteiger partial charge in [-0.15, -0.1) is 0 Å². The number of likely N-dealkylation sites (N-methyl/N-ethyl adjacent to an activating group) is 1. The molecule has 0 spiro atoms. The number of aliphatic carboxylic acids is 1. The first-order chi connectivity index (χ1) is 10.5. The van der Waals surface area contributed by atoms with Gasteiger partial charge in [0.1, 0.15) is 12.4 Å². The normalized spacial score (nSPS) is 15.4. The lowest BCUT2D eigenvalue weighted by atomic mass is 10.0. The smallest absolute Gasteiger partial charge is 0.336 e. The highest BCUT2D eigenvalue weighted by Crippen LogP contribution is 2.22. The molecule has 116 valence electrons. The molecule has 2 rings (SSSR count). The molecule has 0 atom stereocenters. The number of carboxylic acids is 1. The highest BCUT2D eigenvalue weighted by Gasteiger charge is 2.20. The van der Waals surface area contributed by atoms with E-state index in [-0.39, 0.29) is 11.3 Å². The van der Waals surface area contributed by atoms with Crippen LogP contribution >= 0.6 is 0 Å². The van der Waals surface area contributed by atoms with Gasteiger partial charge in [0.15, 0.2) is 11.6 Å². The monoisotopic (exact) mass is 306 g/mol. The summed E-state index contributed by atoms with van der Waals surface area (Å²) in [6, 6.07) is 5.10. The third-order valence-electron chi connectivity index (χ3n) is 3.16. The molecule has 0 aromatic heterocycles. The fraction of sp³-hybridized carbons (Fsp3) is 0.200. The number of amides is 1. The number of halogens is 1. The fourth-order valence-electron chi connectivity index (χ4n) is 2.04. The standard InChI is InChI=1S/C15H15FN2O4/c1-18-6-7-22-13(14(18)17-9-19)8-12(15(20)21)10-2-4-11(16)5-3-10/h2-5,8-9H,6-7H2,1H3,(H,17,19)(H,20,21)/b12-8+. The van der Waals surface area contributed by atoms with E-state index in [9.17, 15) is 19.1 Å². The van der Waals surface area contributed by atoms with Crippen LogP contribution in [-0.2, 0) is 14.3 Å². The number of carbonyl (C=O) groups is 2. The summed E-state index contributed by atoms with van der Waals surface area (Å²) in [6.45, 7) is 0.926. The van der Waals surface area contributed by atoms with E-state index in [2.05, 4.69) is 5.32 Å². The lowest BCUT2D eigenvalue weighted by Gasteiger charge is -2.28. The molecule has 0 unspecified atom stereocenters. The van der Waals surface area contributed by atoms with Crippen LogP contribution in [0.3, 0.4) is 0 Å². The highest BCUT2D eigenvalue weighted by molar-refractivity contribution is 6.15. The van der Waals surface area contributed by atoms with E-state index in [4.69, 9.17) is 4.74 Å². The van der Waals surface area contributed by atoms with E-state index in [0.29, 0.717) is 30.9 Å². The van der Waals surface area contributed by atoms with Gasteiger partial charge in [0.2, 0.25) is 6.41 Å². The van der Waals surface area contributed by atoms with Crippen LogP contribution in [0.4, 0.5) is 4.39 Å². The molecule has 1 heterocycles. The molecule has 0 aliphatic carbocycles. The maximum absolute atomic E-state index is 13.0. The Morgan fingerprint density at radius 1 is 1.41 bits per heavy atom. The Morgan fingerprint density at radius 2 is 2.09 bits per heavy atom. The van der Waals surface area contributed by atoms with Gasteiger partial charge in [-0.1, -0.05) is 12.1 Å². The van der Waals surface area contributed by atoms with Crippen LogP contribution in [0, 0.1) is 5.82 Å². The van der Waals surface area contributed by atoms with Crippen LogP contribution in [0.2, 0.25) is 0 Å². The Kier molecular flexibility index (Phi) is 4.77. The van der Waals surface area contributed by atoms with Gasteiger partial charge < -0.3 is 20.1 Å². The number of nitrogens with zero attached hydrogens (tertiary/aromatic N) is 1. The van der Waals surface area contributed by atoms with Crippen molar-refractivity contribution in [2.24, 2.45) is 0 Å². The van der Waals surface area contributed by atoms with E-state index < -0.39 is 11.8 Å². The van der Waals surface area contributed by atoms with Crippen molar-refractivity contribution in [3.8, 4) is 0 Å². The minimum absolute atomic E-state index is 0.0597. The third-order valence-corrected chi connectivity index (χ3v) is 3.16. The van der Waals surface area contributed by atoms with Crippen LogP contribution in [-0.4, -0.2) is 42.6 Å². The predicted molar refractivity (Wildman–Crippen MR) is 76.8 cm³/mol. The molecule has 6 nitrogen and oxygen atoms in total. The second-order valence-corrected chi connectivity index (χ2v) is 4.62. The van der Waals surface area contributed by atoms with Gasteiger partial charge in [0.05, 0.1) is 12.1 Å². The maximum atomic E-state index is 13.0. The number of nitrogens with one attached hydrogen (secondary N) is 1. The third kappa shape index (κ3) is 3.43. The Balaban J connectivity index is 2.48. The molecule has 7 heteroatoms. The topological polar surface area (TPSA) is 78.9 Å². The minimum atomic E-state index is -1.18. The van der Waals surface area contributed by atoms with Crippen LogP contribution in [0.15, 0.2) is 41.9 Å². The number of allylic oxidation sites excluding steroid dienone is 1. The van der Waals surface area contributed by atoms with Gasteiger partial charge in [-0.3, -0.25) is 4.79 Å². The average Bonchev–Trinajstić information content (AvgIpc) is 2.49. The molecule has 1 amide bonds. The summed E-state index contributed by atoms with van der Waals surface area (Å²) in [4.78, 5) is 23.9. The predicted octanol–water partition coefficient (Wildman–Crippen LogP) is 1.17. The number of rotatable bonds is 5. The first-order valence-electron chi connectivity index (χ1n) is 6.52. The van der Waals surface area contributed by atoms with Crippen LogP contribution in [0.25, 0.3) is 5.57 Å². The Bertz CT molecular complexity index is 637. The van der Waals surface area contributed by atoms with Crippen molar-refractivity contribution in [2.45, 2.75) is 0 Å². The van der Waals surface area contributed by atoms with Gasteiger partial charge in [0.25, 0.3) is 0 Å². The molecule has 2 N–H and O–H groups in total. The van der Waals surface area contributed by atoms with Gasteiger partial charge in [0, 0.05) is 7.05 Å². The quantitative estimate of drug-likeness (QED) is 0.630. The van der Waals surface area contributed by atoms with Gasteiger partial charge >= 0.3 is 5.97 Å². The van der Waals surface area contributed by atoms with E-state index in [1.54, 1.807) is 11.9 Å². The Labute approximate surface area is 126 Å². The molecule has 0 saturated heterocycles. The van der Waals surface area contributed by atoms with Crippen LogP contribution in [0.5, 0.6) is 0 Å². The van der Waals surface area contributed by atoms with Crippen molar-refractivity contribution >= 4 is 18.0 Å². The van der Waals surface area contributed by atoms with Crippen molar-refractivity contribution in [3.63, 3.8) is 0 Å². The molecule has 22 heavy (non-hydrogen) atoms. The van der Waals surface area contributed by atoms with E-state index in [1.807, 2.05) is 0 Å². The van der Waals surface area contributed by atoms with E-state index in [1.165, 1.54) is 30.3 Å². The summed E-state index contributed by atoms with van der Waals surface area (Å²) >= 11 is 0. The number of benzene rings is 1. The van der Waals surface area contributed by atoms with Gasteiger partial charge in [-0.05, 0) is 23.8 Å². The lowest BCUT2D eigenvalue weighted by Crippen LogP contribution is -2.36. The van der Waals surface area contributed by atoms with Gasteiger partial charge in [-0.25, -0.2) is 9.18 Å². The lowest BCUT2D eigenvalue weighted by molar-refractivity contribution is -0.130. The number of carbonyl (C=O) groups excluding carboxylic acids is 1. The summed E-state index contributed by atoms with van der Waals surface area (Å²) in [6.07, 6.45) is 1.81. The number of carboxylic acid groups (broad SMARTS) is 1. The van der Waals surface area contributed by atoms with Crippen LogP contribution < -0.4 is 5.32 Å². The summed E-state index contributed by atoms with van der Waals surface area (Å²) in [5.41, 5.74) is 0.277. The summed E-state index contributed by atoms with van der Waals surface area (Å²) in [5.74, 6) is -1.02. The Hall–Kier alpha value is -2.83. The second-order valence-electron chi connectivity index (χ2n) is 4.62. The summed E-state index contributed by atoms with van der Waals surface area (Å²) in [5, 5.41) is 11.9. The molecular weight excluding hydrogens is 291 g/mol. The van der Waals surface area contributed by atoms with E-state index >= 15 is 0 Å². The number of ether oxygens (including phenoxy) is 1.